The van der Waals surface area contributed by atoms with Gasteiger partial charge in [-0.25, -0.2) is 4.98 Å². The molecule has 6 heteroatoms. The number of nitrogens with zero attached hydrogens (tertiary/aromatic N) is 3. The van der Waals surface area contributed by atoms with Gasteiger partial charge < -0.3 is 15.0 Å². The van der Waals surface area contributed by atoms with Crippen molar-refractivity contribution in [2.45, 2.75) is 6.42 Å². The zero-order valence-corrected chi connectivity index (χ0v) is 16.4. The van der Waals surface area contributed by atoms with E-state index in [1.807, 2.05) is 36.4 Å². The summed E-state index contributed by atoms with van der Waals surface area (Å²) < 4.78 is 5.47. The molecule has 2 heterocycles. The SMILES string of the molecule is Clc1ccc(CCNc2cc(-c3ccccc3)nc(N3CCOCC3)n2)cc1. The zero-order chi connectivity index (χ0) is 19.2. The Morgan fingerprint density at radius 1 is 0.964 bits per heavy atom. The molecule has 1 saturated heterocycles. The van der Waals surface area contributed by atoms with Crippen LogP contribution in [0.5, 0.6) is 0 Å². The third kappa shape index (κ3) is 4.80. The van der Waals surface area contributed by atoms with Crippen LogP contribution in [-0.2, 0) is 11.2 Å². The average molecular weight is 395 g/mol. The largest absolute Gasteiger partial charge is 0.378 e. The van der Waals surface area contributed by atoms with Crippen LogP contribution in [0.25, 0.3) is 11.3 Å². The molecule has 1 aliphatic heterocycles. The summed E-state index contributed by atoms with van der Waals surface area (Å²) in [5.74, 6) is 1.59. The maximum Gasteiger partial charge on any atom is 0.228 e. The Morgan fingerprint density at radius 2 is 1.71 bits per heavy atom. The molecule has 5 nitrogen and oxygen atoms in total. The van der Waals surface area contributed by atoms with Crippen LogP contribution in [0.4, 0.5) is 11.8 Å². The Bertz CT molecular complexity index is 896. The quantitative estimate of drug-likeness (QED) is 0.676. The normalized spacial score (nSPS) is 14.1. The number of rotatable bonds is 6. The molecule has 0 bridgehead atoms. The molecule has 0 saturated carbocycles. The lowest BCUT2D eigenvalue weighted by Gasteiger charge is -2.27. The molecule has 0 amide bonds. The maximum atomic E-state index is 5.96. The van der Waals surface area contributed by atoms with Gasteiger partial charge in [-0.2, -0.15) is 4.98 Å². The Morgan fingerprint density at radius 3 is 2.46 bits per heavy atom. The molecule has 1 aliphatic rings. The van der Waals surface area contributed by atoms with Crippen LogP contribution < -0.4 is 10.2 Å². The monoisotopic (exact) mass is 394 g/mol. The molecular weight excluding hydrogens is 372 g/mol. The van der Waals surface area contributed by atoms with Crippen molar-refractivity contribution in [2.75, 3.05) is 43.1 Å². The molecule has 0 radical (unpaired) electrons. The van der Waals surface area contributed by atoms with Crippen LogP contribution in [0.1, 0.15) is 5.56 Å². The highest BCUT2D eigenvalue weighted by Crippen LogP contribution is 2.23. The number of nitrogens with one attached hydrogen (secondary N) is 1. The van der Waals surface area contributed by atoms with E-state index in [1.165, 1.54) is 5.56 Å². The van der Waals surface area contributed by atoms with Crippen molar-refractivity contribution >= 4 is 23.4 Å². The smallest absolute Gasteiger partial charge is 0.228 e. The third-order valence-electron chi connectivity index (χ3n) is 4.71. The molecule has 2 aromatic carbocycles. The van der Waals surface area contributed by atoms with E-state index in [4.69, 9.17) is 26.3 Å². The standard InChI is InChI=1S/C22H23ClN4O/c23-19-8-6-17(7-9-19)10-11-24-21-16-20(18-4-2-1-3-5-18)25-22(26-21)27-12-14-28-15-13-27/h1-9,16H,10-15H2,(H,24,25,26). The number of halogens is 1. The molecule has 144 valence electrons. The second-order valence-corrected chi connectivity index (χ2v) is 7.14. The molecule has 0 aliphatic carbocycles. The van der Waals surface area contributed by atoms with Crippen molar-refractivity contribution < 1.29 is 4.74 Å². The van der Waals surface area contributed by atoms with Gasteiger partial charge in [0.2, 0.25) is 5.95 Å². The second-order valence-electron chi connectivity index (χ2n) is 6.71. The molecule has 0 spiro atoms. The third-order valence-corrected chi connectivity index (χ3v) is 4.96. The van der Waals surface area contributed by atoms with Crippen molar-refractivity contribution in [3.63, 3.8) is 0 Å². The summed E-state index contributed by atoms with van der Waals surface area (Å²) >= 11 is 5.96. The number of aromatic nitrogens is 2. The van der Waals surface area contributed by atoms with E-state index in [-0.39, 0.29) is 0 Å². The molecule has 0 atom stereocenters. The highest BCUT2D eigenvalue weighted by Gasteiger charge is 2.16. The minimum atomic E-state index is 0.707. The second kappa shape index (κ2) is 9.04. The lowest BCUT2D eigenvalue weighted by molar-refractivity contribution is 0.122. The van der Waals surface area contributed by atoms with Crippen molar-refractivity contribution in [1.29, 1.82) is 0 Å². The van der Waals surface area contributed by atoms with E-state index in [0.29, 0.717) is 13.2 Å². The zero-order valence-electron chi connectivity index (χ0n) is 15.6. The number of anilines is 2. The molecular formula is C22H23ClN4O. The van der Waals surface area contributed by atoms with E-state index in [1.54, 1.807) is 0 Å². The maximum absolute atomic E-state index is 5.96. The van der Waals surface area contributed by atoms with E-state index < -0.39 is 0 Å². The molecule has 1 fully saturated rings. The van der Waals surface area contributed by atoms with Gasteiger partial charge in [0, 0.05) is 36.3 Å². The van der Waals surface area contributed by atoms with Gasteiger partial charge in [0.05, 0.1) is 18.9 Å². The van der Waals surface area contributed by atoms with Crippen LogP contribution in [-0.4, -0.2) is 42.8 Å². The highest BCUT2D eigenvalue weighted by molar-refractivity contribution is 6.30. The number of morpholine rings is 1. The van der Waals surface area contributed by atoms with Crippen LogP contribution >= 0.6 is 11.6 Å². The summed E-state index contributed by atoms with van der Waals surface area (Å²) in [4.78, 5) is 11.7. The first-order valence-electron chi connectivity index (χ1n) is 9.53. The summed E-state index contributed by atoms with van der Waals surface area (Å²) in [7, 11) is 0. The van der Waals surface area contributed by atoms with Crippen molar-refractivity contribution in [3.8, 4) is 11.3 Å². The van der Waals surface area contributed by atoms with Gasteiger partial charge in [0.1, 0.15) is 5.82 Å². The lowest BCUT2D eigenvalue weighted by Crippen LogP contribution is -2.37. The first-order valence-corrected chi connectivity index (χ1v) is 9.91. The minimum Gasteiger partial charge on any atom is -0.378 e. The predicted octanol–water partition coefficient (Wildman–Crippen LogP) is 4.29. The first kappa shape index (κ1) is 18.7. The summed E-state index contributed by atoms with van der Waals surface area (Å²) in [5.41, 5.74) is 3.24. The molecule has 1 N–H and O–H groups in total. The topological polar surface area (TPSA) is 50.3 Å². The van der Waals surface area contributed by atoms with Crippen LogP contribution in [0, 0.1) is 0 Å². The summed E-state index contributed by atoms with van der Waals surface area (Å²) in [6, 6.07) is 20.2. The van der Waals surface area contributed by atoms with E-state index in [2.05, 4.69) is 34.5 Å². The summed E-state index contributed by atoms with van der Waals surface area (Å²) in [6.45, 7) is 3.82. The van der Waals surface area contributed by atoms with Crippen LogP contribution in [0.15, 0.2) is 60.7 Å². The molecule has 1 aromatic heterocycles. The lowest BCUT2D eigenvalue weighted by atomic mass is 10.1. The van der Waals surface area contributed by atoms with Crippen molar-refractivity contribution in [3.05, 3.63) is 71.2 Å². The molecule has 3 aromatic rings. The van der Waals surface area contributed by atoms with Gasteiger partial charge in [0.15, 0.2) is 0 Å². The van der Waals surface area contributed by atoms with Crippen molar-refractivity contribution in [1.82, 2.24) is 9.97 Å². The van der Waals surface area contributed by atoms with Gasteiger partial charge in [-0.3, -0.25) is 0 Å². The van der Waals surface area contributed by atoms with Crippen LogP contribution in [0.3, 0.4) is 0 Å². The fourth-order valence-electron chi connectivity index (χ4n) is 3.17. The first-order chi connectivity index (χ1) is 13.8. The highest BCUT2D eigenvalue weighted by atomic mass is 35.5. The summed E-state index contributed by atoms with van der Waals surface area (Å²) in [5, 5.41) is 4.21. The molecule has 4 rings (SSSR count). The minimum absolute atomic E-state index is 0.707. The van der Waals surface area contributed by atoms with E-state index >= 15 is 0 Å². The van der Waals surface area contributed by atoms with Gasteiger partial charge >= 0.3 is 0 Å². The van der Waals surface area contributed by atoms with E-state index in [0.717, 1.165) is 54.1 Å². The fourth-order valence-corrected chi connectivity index (χ4v) is 3.30. The number of hydrogen-bond acceptors (Lipinski definition) is 5. The number of hydrogen-bond donors (Lipinski definition) is 1. The Kier molecular flexibility index (Phi) is 6.04. The Labute approximate surface area is 170 Å². The van der Waals surface area contributed by atoms with E-state index in [9.17, 15) is 0 Å². The fraction of sp³-hybridized carbons (Fsp3) is 0.273. The van der Waals surface area contributed by atoms with Crippen molar-refractivity contribution in [2.24, 2.45) is 0 Å². The Balaban J connectivity index is 1.53. The van der Waals surface area contributed by atoms with Gasteiger partial charge in [-0.1, -0.05) is 54.1 Å². The van der Waals surface area contributed by atoms with Gasteiger partial charge in [-0.05, 0) is 24.1 Å². The number of ether oxygens (including phenoxy) is 1. The number of benzene rings is 2. The van der Waals surface area contributed by atoms with Crippen LogP contribution in [0.2, 0.25) is 5.02 Å². The molecule has 28 heavy (non-hydrogen) atoms. The predicted molar refractivity (Wildman–Crippen MR) is 114 cm³/mol. The summed E-state index contributed by atoms with van der Waals surface area (Å²) in [6.07, 6.45) is 0.898. The van der Waals surface area contributed by atoms with Gasteiger partial charge in [-0.15, -0.1) is 0 Å². The molecule has 0 unspecified atom stereocenters. The Hall–Kier alpha value is -2.63. The van der Waals surface area contributed by atoms with Gasteiger partial charge in [0.25, 0.3) is 0 Å². The average Bonchev–Trinajstić information content (AvgIpc) is 2.76.